The van der Waals surface area contributed by atoms with Crippen LogP contribution < -0.4 is 4.90 Å². The first-order chi connectivity index (χ1) is 9.19. The van der Waals surface area contributed by atoms with Gasteiger partial charge in [-0.3, -0.25) is 0 Å². The van der Waals surface area contributed by atoms with Crippen LogP contribution in [0.1, 0.15) is 24.1 Å². The van der Waals surface area contributed by atoms with Crippen LogP contribution in [0.15, 0.2) is 18.2 Å². The van der Waals surface area contributed by atoms with Crippen molar-refractivity contribution in [2.24, 2.45) is 0 Å². The minimum Gasteiger partial charge on any atom is -0.393 e. The van der Waals surface area contributed by atoms with Gasteiger partial charge in [0.15, 0.2) is 0 Å². The third kappa shape index (κ3) is 2.06. The van der Waals surface area contributed by atoms with Crippen molar-refractivity contribution in [3.63, 3.8) is 0 Å². The Morgan fingerprint density at radius 1 is 1.37 bits per heavy atom. The van der Waals surface area contributed by atoms with Crippen LogP contribution in [0.25, 0.3) is 10.9 Å². The molecule has 4 nitrogen and oxygen atoms in total. The predicted molar refractivity (Wildman–Crippen MR) is 75.2 cm³/mol. The van der Waals surface area contributed by atoms with Gasteiger partial charge in [0.1, 0.15) is 6.07 Å². The van der Waals surface area contributed by atoms with Crippen LogP contribution in [0, 0.1) is 18.3 Å². The number of fused-ring (bicyclic) bond motifs is 1. The summed E-state index contributed by atoms with van der Waals surface area (Å²) in [5, 5.41) is 19.9. The number of nitrogens with zero attached hydrogens (tertiary/aromatic N) is 2. The number of aliphatic hydroxyl groups excluding tert-OH is 1. The first kappa shape index (κ1) is 12.1. The summed E-state index contributed by atoms with van der Waals surface area (Å²) in [6.07, 6.45) is 1.45. The van der Waals surface area contributed by atoms with Crippen molar-refractivity contribution < 1.29 is 5.11 Å². The van der Waals surface area contributed by atoms with Crippen LogP contribution in [0.2, 0.25) is 0 Å². The molecule has 0 saturated carbocycles. The zero-order valence-corrected chi connectivity index (χ0v) is 11.0. The summed E-state index contributed by atoms with van der Waals surface area (Å²) in [6, 6.07) is 8.22. The molecule has 1 aromatic heterocycles. The van der Waals surface area contributed by atoms with Crippen LogP contribution in [0.3, 0.4) is 0 Å². The van der Waals surface area contributed by atoms with Gasteiger partial charge in [-0.05, 0) is 38.0 Å². The van der Waals surface area contributed by atoms with Crippen molar-refractivity contribution in [1.29, 1.82) is 5.26 Å². The summed E-state index contributed by atoms with van der Waals surface area (Å²) in [5.74, 6) is 0. The molecular formula is C15H17N3O. The monoisotopic (exact) mass is 255 g/mol. The lowest BCUT2D eigenvalue weighted by Gasteiger charge is -2.32. The maximum Gasteiger partial charge on any atom is 0.101 e. The maximum absolute atomic E-state index is 9.60. The normalized spacial score (nSPS) is 16.8. The molecule has 3 rings (SSSR count). The second-order valence-electron chi connectivity index (χ2n) is 5.20. The van der Waals surface area contributed by atoms with Crippen LogP contribution in [0.5, 0.6) is 0 Å². The number of nitrogens with one attached hydrogen (secondary N) is 1. The molecule has 0 atom stereocenters. The molecule has 0 aliphatic carbocycles. The molecule has 1 aliphatic heterocycles. The van der Waals surface area contributed by atoms with Crippen molar-refractivity contribution in [1.82, 2.24) is 4.98 Å². The number of anilines is 1. The van der Waals surface area contributed by atoms with Gasteiger partial charge in [0, 0.05) is 29.9 Å². The van der Waals surface area contributed by atoms with Crippen LogP contribution >= 0.6 is 0 Å². The summed E-state index contributed by atoms with van der Waals surface area (Å²) in [6.45, 7) is 3.74. The molecule has 1 aliphatic rings. The Balaban J connectivity index is 2.07. The molecular weight excluding hydrogens is 238 g/mol. The minimum atomic E-state index is -0.168. The van der Waals surface area contributed by atoms with Gasteiger partial charge in [-0.25, -0.2) is 0 Å². The Labute approximate surface area is 112 Å². The van der Waals surface area contributed by atoms with E-state index in [1.54, 1.807) is 0 Å². The highest BCUT2D eigenvalue weighted by molar-refractivity contribution is 5.96. The zero-order chi connectivity index (χ0) is 13.4. The minimum absolute atomic E-state index is 0.168. The molecule has 0 amide bonds. The quantitative estimate of drug-likeness (QED) is 0.822. The fraction of sp³-hybridized carbons (Fsp3) is 0.400. The van der Waals surface area contributed by atoms with E-state index in [9.17, 15) is 5.11 Å². The largest absolute Gasteiger partial charge is 0.393 e. The number of H-pyrrole nitrogens is 1. The molecule has 0 bridgehead atoms. The Bertz CT molecular complexity index is 645. The standard InChI is InChI=1S/C15H17N3O/c1-10-8-13-14(18-6-4-12(19)5-7-18)3-2-11(9-16)15(13)17-10/h2-3,8,12,17,19H,4-7H2,1H3. The van der Waals surface area contributed by atoms with Gasteiger partial charge in [-0.1, -0.05) is 0 Å². The number of piperidine rings is 1. The fourth-order valence-electron chi connectivity index (χ4n) is 2.81. The second-order valence-corrected chi connectivity index (χ2v) is 5.20. The molecule has 2 N–H and O–H groups in total. The summed E-state index contributed by atoms with van der Waals surface area (Å²) in [5.41, 5.74) is 3.83. The third-order valence-corrected chi connectivity index (χ3v) is 3.83. The van der Waals surface area contributed by atoms with E-state index in [2.05, 4.69) is 22.0 Å². The maximum atomic E-state index is 9.60. The smallest absolute Gasteiger partial charge is 0.101 e. The molecule has 1 saturated heterocycles. The van der Waals surface area contributed by atoms with Crippen molar-refractivity contribution in [2.45, 2.75) is 25.9 Å². The van der Waals surface area contributed by atoms with Gasteiger partial charge >= 0.3 is 0 Å². The SMILES string of the molecule is Cc1cc2c(N3CCC(O)CC3)ccc(C#N)c2[nH]1. The highest BCUT2D eigenvalue weighted by Gasteiger charge is 2.20. The van der Waals surface area contributed by atoms with Crippen molar-refractivity contribution in [3.8, 4) is 6.07 Å². The summed E-state index contributed by atoms with van der Waals surface area (Å²) < 4.78 is 0. The van der Waals surface area contributed by atoms with E-state index in [1.807, 2.05) is 19.1 Å². The van der Waals surface area contributed by atoms with E-state index >= 15 is 0 Å². The van der Waals surface area contributed by atoms with Gasteiger partial charge in [0.2, 0.25) is 0 Å². The number of aromatic nitrogens is 1. The van der Waals surface area contributed by atoms with Gasteiger partial charge in [-0.2, -0.15) is 5.26 Å². The average molecular weight is 255 g/mol. The second kappa shape index (κ2) is 4.60. The number of nitriles is 1. The van der Waals surface area contributed by atoms with E-state index in [0.29, 0.717) is 5.56 Å². The van der Waals surface area contributed by atoms with Gasteiger partial charge in [0.25, 0.3) is 0 Å². The Kier molecular flexibility index (Phi) is 2.92. The lowest BCUT2D eigenvalue weighted by atomic mass is 10.0. The van der Waals surface area contributed by atoms with E-state index in [-0.39, 0.29) is 6.10 Å². The summed E-state index contributed by atoms with van der Waals surface area (Å²) in [7, 11) is 0. The number of aliphatic hydroxyl groups is 1. The van der Waals surface area contributed by atoms with E-state index in [1.165, 1.54) is 0 Å². The molecule has 98 valence electrons. The lowest BCUT2D eigenvalue weighted by molar-refractivity contribution is 0.145. The molecule has 0 unspecified atom stereocenters. The first-order valence-electron chi connectivity index (χ1n) is 6.64. The number of rotatable bonds is 1. The van der Waals surface area contributed by atoms with Crippen LogP contribution in [-0.2, 0) is 0 Å². The molecule has 0 spiro atoms. The number of hydrogen-bond donors (Lipinski definition) is 2. The topological polar surface area (TPSA) is 63.0 Å². The van der Waals surface area contributed by atoms with E-state index in [4.69, 9.17) is 5.26 Å². The Morgan fingerprint density at radius 3 is 2.79 bits per heavy atom. The zero-order valence-electron chi connectivity index (χ0n) is 11.0. The Hall–Kier alpha value is -1.99. The highest BCUT2D eigenvalue weighted by atomic mass is 16.3. The van der Waals surface area contributed by atoms with Crippen molar-refractivity contribution in [2.75, 3.05) is 18.0 Å². The average Bonchev–Trinajstić information content (AvgIpc) is 2.80. The molecule has 1 aromatic carbocycles. The third-order valence-electron chi connectivity index (χ3n) is 3.83. The fourth-order valence-corrected chi connectivity index (χ4v) is 2.81. The molecule has 19 heavy (non-hydrogen) atoms. The van der Waals surface area contributed by atoms with E-state index in [0.717, 1.165) is 48.2 Å². The molecule has 2 heterocycles. The predicted octanol–water partition coefficient (Wildman–Crippen LogP) is 2.31. The van der Waals surface area contributed by atoms with Gasteiger partial charge in [0.05, 0.1) is 17.2 Å². The van der Waals surface area contributed by atoms with Gasteiger partial charge < -0.3 is 15.0 Å². The van der Waals surface area contributed by atoms with Crippen LogP contribution in [0.4, 0.5) is 5.69 Å². The molecule has 0 radical (unpaired) electrons. The number of benzene rings is 1. The van der Waals surface area contributed by atoms with Crippen molar-refractivity contribution >= 4 is 16.6 Å². The lowest BCUT2D eigenvalue weighted by Crippen LogP contribution is -2.35. The number of aryl methyl sites for hydroxylation is 1. The highest BCUT2D eigenvalue weighted by Crippen LogP contribution is 2.31. The number of hydrogen-bond acceptors (Lipinski definition) is 3. The Morgan fingerprint density at radius 2 is 2.11 bits per heavy atom. The molecule has 4 heteroatoms. The summed E-state index contributed by atoms with van der Waals surface area (Å²) in [4.78, 5) is 5.56. The molecule has 1 fully saturated rings. The van der Waals surface area contributed by atoms with E-state index < -0.39 is 0 Å². The van der Waals surface area contributed by atoms with Crippen LogP contribution in [-0.4, -0.2) is 29.3 Å². The van der Waals surface area contributed by atoms with Gasteiger partial charge in [-0.15, -0.1) is 0 Å². The van der Waals surface area contributed by atoms with Crippen molar-refractivity contribution in [3.05, 3.63) is 29.5 Å². The number of aromatic amines is 1. The first-order valence-corrected chi connectivity index (χ1v) is 6.64. The summed E-state index contributed by atoms with van der Waals surface area (Å²) >= 11 is 0. The molecule has 2 aromatic rings.